The molecular formula is C14H22FNO. The highest BCUT2D eigenvalue weighted by molar-refractivity contribution is 5.23. The predicted octanol–water partition coefficient (Wildman–Crippen LogP) is 3.04. The fourth-order valence-electron chi connectivity index (χ4n) is 1.60. The van der Waals surface area contributed by atoms with Crippen LogP contribution in [0.3, 0.4) is 0 Å². The van der Waals surface area contributed by atoms with Crippen LogP contribution in [0.4, 0.5) is 4.39 Å². The summed E-state index contributed by atoms with van der Waals surface area (Å²) in [7, 11) is 0. The van der Waals surface area contributed by atoms with E-state index in [1.165, 1.54) is 6.07 Å². The molecule has 2 nitrogen and oxygen atoms in total. The summed E-state index contributed by atoms with van der Waals surface area (Å²) >= 11 is 0. The number of halogens is 1. The molecule has 0 aliphatic rings. The van der Waals surface area contributed by atoms with E-state index in [2.05, 4.69) is 12.2 Å². The van der Waals surface area contributed by atoms with E-state index in [4.69, 9.17) is 4.74 Å². The van der Waals surface area contributed by atoms with Gasteiger partial charge in [0.25, 0.3) is 0 Å². The molecule has 1 rings (SSSR count). The summed E-state index contributed by atoms with van der Waals surface area (Å²) in [6.07, 6.45) is 2.09. The molecule has 0 aromatic heterocycles. The van der Waals surface area contributed by atoms with Crippen LogP contribution in [0.1, 0.15) is 30.9 Å². The van der Waals surface area contributed by atoms with Gasteiger partial charge >= 0.3 is 0 Å². The molecule has 0 spiro atoms. The molecule has 0 saturated heterocycles. The third kappa shape index (κ3) is 5.80. The Kier molecular flexibility index (Phi) is 6.82. The largest absolute Gasteiger partial charge is 0.381 e. The van der Waals surface area contributed by atoms with Gasteiger partial charge in [-0.2, -0.15) is 0 Å². The van der Waals surface area contributed by atoms with E-state index in [9.17, 15) is 4.39 Å². The Morgan fingerprint density at radius 1 is 1.29 bits per heavy atom. The summed E-state index contributed by atoms with van der Waals surface area (Å²) in [5.74, 6) is -0.137. The van der Waals surface area contributed by atoms with E-state index in [0.29, 0.717) is 5.56 Å². The zero-order valence-electron chi connectivity index (χ0n) is 10.8. The molecule has 0 saturated carbocycles. The lowest BCUT2D eigenvalue weighted by atomic mass is 10.1. The number of nitrogens with one attached hydrogen (secondary N) is 1. The first-order valence-corrected chi connectivity index (χ1v) is 6.27. The molecule has 0 fully saturated rings. The van der Waals surface area contributed by atoms with Crippen LogP contribution in [-0.4, -0.2) is 19.8 Å². The third-order valence-corrected chi connectivity index (χ3v) is 2.54. The highest BCUT2D eigenvalue weighted by Gasteiger charge is 1.98. The predicted molar refractivity (Wildman–Crippen MR) is 68.6 cm³/mol. The summed E-state index contributed by atoms with van der Waals surface area (Å²) in [6.45, 7) is 7.27. The van der Waals surface area contributed by atoms with Gasteiger partial charge in [0, 0.05) is 19.8 Å². The average molecular weight is 239 g/mol. The molecule has 3 heteroatoms. The van der Waals surface area contributed by atoms with E-state index in [-0.39, 0.29) is 5.82 Å². The SMILES string of the molecule is CCCOCCCNCc1ccc(F)c(C)c1. The van der Waals surface area contributed by atoms with Crippen LogP contribution in [0.5, 0.6) is 0 Å². The van der Waals surface area contributed by atoms with Gasteiger partial charge in [0.15, 0.2) is 0 Å². The maximum Gasteiger partial charge on any atom is 0.126 e. The Hall–Kier alpha value is -0.930. The Bertz CT molecular complexity index is 328. The van der Waals surface area contributed by atoms with Gasteiger partial charge in [0.1, 0.15) is 5.82 Å². The quantitative estimate of drug-likeness (QED) is 0.704. The monoisotopic (exact) mass is 239 g/mol. The van der Waals surface area contributed by atoms with Gasteiger partial charge in [-0.1, -0.05) is 19.1 Å². The van der Waals surface area contributed by atoms with E-state index < -0.39 is 0 Å². The van der Waals surface area contributed by atoms with Crippen LogP contribution in [0.2, 0.25) is 0 Å². The van der Waals surface area contributed by atoms with E-state index in [0.717, 1.165) is 44.7 Å². The second kappa shape index (κ2) is 8.20. The molecule has 0 amide bonds. The zero-order valence-corrected chi connectivity index (χ0v) is 10.8. The first-order valence-electron chi connectivity index (χ1n) is 6.27. The van der Waals surface area contributed by atoms with E-state index in [1.807, 2.05) is 12.1 Å². The van der Waals surface area contributed by atoms with Gasteiger partial charge in [-0.3, -0.25) is 0 Å². The Balaban J connectivity index is 2.11. The first-order chi connectivity index (χ1) is 8.24. The smallest absolute Gasteiger partial charge is 0.126 e. The Morgan fingerprint density at radius 2 is 2.12 bits per heavy atom. The number of hydrogen-bond acceptors (Lipinski definition) is 2. The molecule has 0 heterocycles. The summed E-state index contributed by atoms with van der Waals surface area (Å²) in [6, 6.07) is 5.23. The van der Waals surface area contributed by atoms with Crippen LogP contribution in [0.15, 0.2) is 18.2 Å². The second-order valence-corrected chi connectivity index (χ2v) is 4.23. The van der Waals surface area contributed by atoms with Crippen LogP contribution >= 0.6 is 0 Å². The molecule has 0 unspecified atom stereocenters. The molecule has 0 atom stereocenters. The summed E-state index contributed by atoms with van der Waals surface area (Å²) in [5.41, 5.74) is 1.83. The van der Waals surface area contributed by atoms with Crippen molar-refractivity contribution in [3.05, 3.63) is 35.1 Å². The van der Waals surface area contributed by atoms with Gasteiger partial charge in [-0.15, -0.1) is 0 Å². The van der Waals surface area contributed by atoms with Crippen molar-refractivity contribution in [3.8, 4) is 0 Å². The molecular weight excluding hydrogens is 217 g/mol. The Labute approximate surface area is 103 Å². The van der Waals surface area contributed by atoms with Crippen molar-refractivity contribution in [1.29, 1.82) is 0 Å². The third-order valence-electron chi connectivity index (χ3n) is 2.54. The van der Waals surface area contributed by atoms with Crippen molar-refractivity contribution in [2.45, 2.75) is 33.2 Å². The number of benzene rings is 1. The number of hydrogen-bond donors (Lipinski definition) is 1. The highest BCUT2D eigenvalue weighted by Crippen LogP contribution is 2.08. The highest BCUT2D eigenvalue weighted by atomic mass is 19.1. The number of rotatable bonds is 8. The van der Waals surface area contributed by atoms with Crippen LogP contribution in [0.25, 0.3) is 0 Å². The second-order valence-electron chi connectivity index (χ2n) is 4.23. The van der Waals surface area contributed by atoms with Crippen molar-refractivity contribution >= 4 is 0 Å². The van der Waals surface area contributed by atoms with Crippen molar-refractivity contribution in [2.75, 3.05) is 19.8 Å². The Morgan fingerprint density at radius 3 is 2.82 bits per heavy atom. The van der Waals surface area contributed by atoms with Crippen LogP contribution in [-0.2, 0) is 11.3 Å². The number of ether oxygens (including phenoxy) is 1. The standard InChI is InChI=1S/C14H22FNO/c1-3-8-17-9-4-7-16-11-13-5-6-14(15)12(2)10-13/h5-6,10,16H,3-4,7-9,11H2,1-2H3. The zero-order chi connectivity index (χ0) is 12.5. The lowest BCUT2D eigenvalue weighted by Gasteiger charge is -2.06. The minimum Gasteiger partial charge on any atom is -0.381 e. The van der Waals surface area contributed by atoms with Crippen molar-refractivity contribution in [2.24, 2.45) is 0 Å². The van der Waals surface area contributed by atoms with Gasteiger partial charge < -0.3 is 10.1 Å². The topological polar surface area (TPSA) is 21.3 Å². The van der Waals surface area contributed by atoms with Gasteiger partial charge in [-0.05, 0) is 43.5 Å². The van der Waals surface area contributed by atoms with Crippen molar-refractivity contribution < 1.29 is 9.13 Å². The summed E-state index contributed by atoms with van der Waals surface area (Å²) < 4.78 is 18.4. The summed E-state index contributed by atoms with van der Waals surface area (Å²) in [5, 5.41) is 3.32. The molecule has 17 heavy (non-hydrogen) atoms. The molecule has 0 bridgehead atoms. The van der Waals surface area contributed by atoms with Gasteiger partial charge in [-0.25, -0.2) is 4.39 Å². The lowest BCUT2D eigenvalue weighted by molar-refractivity contribution is 0.132. The maximum atomic E-state index is 13.0. The molecule has 1 aromatic rings. The van der Waals surface area contributed by atoms with E-state index >= 15 is 0 Å². The van der Waals surface area contributed by atoms with Gasteiger partial charge in [0.05, 0.1) is 0 Å². The normalized spacial score (nSPS) is 10.8. The minimum atomic E-state index is -0.137. The molecule has 1 aromatic carbocycles. The first kappa shape index (κ1) is 14.1. The number of aryl methyl sites for hydroxylation is 1. The molecule has 96 valence electrons. The van der Waals surface area contributed by atoms with Crippen molar-refractivity contribution in [1.82, 2.24) is 5.32 Å². The lowest BCUT2D eigenvalue weighted by Crippen LogP contribution is -2.16. The van der Waals surface area contributed by atoms with E-state index in [1.54, 1.807) is 6.92 Å². The summed E-state index contributed by atoms with van der Waals surface area (Å²) in [4.78, 5) is 0. The molecule has 0 radical (unpaired) electrons. The fourth-order valence-corrected chi connectivity index (χ4v) is 1.60. The van der Waals surface area contributed by atoms with Crippen LogP contribution < -0.4 is 5.32 Å². The van der Waals surface area contributed by atoms with Gasteiger partial charge in [0.2, 0.25) is 0 Å². The molecule has 0 aliphatic carbocycles. The van der Waals surface area contributed by atoms with Crippen molar-refractivity contribution in [3.63, 3.8) is 0 Å². The molecule has 0 aliphatic heterocycles. The fraction of sp³-hybridized carbons (Fsp3) is 0.571. The van der Waals surface area contributed by atoms with Crippen LogP contribution in [0, 0.1) is 12.7 Å². The average Bonchev–Trinajstić information content (AvgIpc) is 2.32. The molecule has 1 N–H and O–H groups in total. The maximum absolute atomic E-state index is 13.0. The minimum absolute atomic E-state index is 0.137.